The number of hydrogen-bond donors (Lipinski definition) is 2. The fourth-order valence-corrected chi connectivity index (χ4v) is 5.27. The van der Waals surface area contributed by atoms with E-state index in [1.165, 1.54) is 22.8 Å². The monoisotopic (exact) mass is 422 g/mol. The van der Waals surface area contributed by atoms with Crippen LogP contribution in [0, 0.1) is 6.92 Å². The third-order valence-electron chi connectivity index (χ3n) is 5.82. The molecule has 2 saturated heterocycles. The van der Waals surface area contributed by atoms with Crippen molar-refractivity contribution in [3.63, 3.8) is 0 Å². The second-order valence-electron chi connectivity index (χ2n) is 7.83. The highest BCUT2D eigenvalue weighted by Gasteiger charge is 2.26. The van der Waals surface area contributed by atoms with Gasteiger partial charge in [-0.1, -0.05) is 11.6 Å². The van der Waals surface area contributed by atoms with Crippen molar-refractivity contribution in [2.45, 2.75) is 44.2 Å². The van der Waals surface area contributed by atoms with E-state index < -0.39 is 6.10 Å². The highest BCUT2D eigenvalue weighted by Crippen LogP contribution is 2.40. The summed E-state index contributed by atoms with van der Waals surface area (Å²) >= 11 is 8.02. The van der Waals surface area contributed by atoms with Gasteiger partial charge in [0.05, 0.1) is 34.3 Å². The van der Waals surface area contributed by atoms with Crippen LogP contribution in [-0.2, 0) is 4.74 Å². The molecule has 0 radical (unpaired) electrons. The largest absolute Gasteiger partial charge is 0.389 e. The molecule has 0 aliphatic carbocycles. The van der Waals surface area contributed by atoms with E-state index in [0.717, 1.165) is 48.6 Å². The molecular formula is C20H27ClN4O2S. The molecule has 2 aliphatic heterocycles. The van der Waals surface area contributed by atoms with Gasteiger partial charge in [0.15, 0.2) is 0 Å². The summed E-state index contributed by atoms with van der Waals surface area (Å²) in [6.45, 7) is 5.39. The number of anilines is 1. The Bertz CT molecular complexity index is 823. The number of halogens is 1. The van der Waals surface area contributed by atoms with Crippen LogP contribution in [0.5, 0.6) is 0 Å². The Morgan fingerprint density at radius 1 is 1.32 bits per heavy atom. The van der Waals surface area contributed by atoms with E-state index in [1.807, 2.05) is 6.07 Å². The first-order chi connectivity index (χ1) is 13.5. The Kier molecular flexibility index (Phi) is 6.18. The van der Waals surface area contributed by atoms with Crippen molar-refractivity contribution in [1.82, 2.24) is 14.3 Å². The molecule has 0 aromatic carbocycles. The minimum absolute atomic E-state index is 0.0624. The molecule has 2 aromatic rings. The molecule has 6 nitrogen and oxygen atoms in total. The first kappa shape index (κ1) is 20.0. The zero-order valence-electron chi connectivity index (χ0n) is 16.3. The van der Waals surface area contributed by atoms with Crippen LogP contribution in [0.1, 0.15) is 36.4 Å². The third kappa shape index (κ3) is 4.19. The molecule has 8 heteroatoms. The second-order valence-corrected chi connectivity index (χ2v) is 9.01. The number of aliphatic hydroxyl groups excluding tert-OH is 1. The maximum atomic E-state index is 10.1. The molecule has 0 bridgehead atoms. The molecule has 2 aliphatic rings. The molecule has 0 spiro atoms. The van der Waals surface area contributed by atoms with E-state index in [4.69, 9.17) is 20.7 Å². The number of piperidine rings is 1. The molecule has 2 aromatic heterocycles. The number of pyridine rings is 1. The molecule has 2 N–H and O–H groups in total. The van der Waals surface area contributed by atoms with Crippen LogP contribution >= 0.6 is 23.1 Å². The van der Waals surface area contributed by atoms with Gasteiger partial charge in [0.2, 0.25) is 0 Å². The van der Waals surface area contributed by atoms with Gasteiger partial charge in [0, 0.05) is 24.3 Å². The summed E-state index contributed by atoms with van der Waals surface area (Å²) in [4.78, 5) is 7.90. The molecule has 2 fully saturated rings. The van der Waals surface area contributed by atoms with Crippen LogP contribution in [-0.4, -0.2) is 64.9 Å². The Balaban J connectivity index is 1.57. The molecular weight excluding hydrogens is 396 g/mol. The van der Waals surface area contributed by atoms with Gasteiger partial charge in [-0.25, -0.2) is 4.98 Å². The predicted molar refractivity (Wildman–Crippen MR) is 113 cm³/mol. The van der Waals surface area contributed by atoms with E-state index in [0.29, 0.717) is 24.2 Å². The van der Waals surface area contributed by atoms with Crippen LogP contribution < -0.4 is 5.32 Å². The molecule has 4 heterocycles. The lowest BCUT2D eigenvalue weighted by Crippen LogP contribution is -2.42. The molecule has 28 heavy (non-hydrogen) atoms. The normalized spacial score (nSPS) is 24.4. The van der Waals surface area contributed by atoms with Crippen LogP contribution in [0.4, 0.5) is 5.82 Å². The van der Waals surface area contributed by atoms with Gasteiger partial charge >= 0.3 is 0 Å². The predicted octanol–water partition coefficient (Wildman–Crippen LogP) is 3.54. The summed E-state index contributed by atoms with van der Waals surface area (Å²) < 4.78 is 10.1. The average Bonchev–Trinajstić information content (AvgIpc) is 3.07. The van der Waals surface area contributed by atoms with Crippen molar-refractivity contribution in [3.8, 4) is 10.4 Å². The first-order valence-corrected chi connectivity index (χ1v) is 11.0. The van der Waals surface area contributed by atoms with E-state index in [9.17, 15) is 5.11 Å². The van der Waals surface area contributed by atoms with Crippen molar-refractivity contribution in [2.24, 2.45) is 0 Å². The van der Waals surface area contributed by atoms with E-state index in [1.54, 1.807) is 6.20 Å². The van der Waals surface area contributed by atoms with Gasteiger partial charge in [-0.15, -0.1) is 0 Å². The maximum Gasteiger partial charge on any atom is 0.126 e. The Labute approximate surface area is 175 Å². The van der Waals surface area contributed by atoms with E-state index in [-0.39, 0.29) is 6.04 Å². The van der Waals surface area contributed by atoms with Gasteiger partial charge in [0.1, 0.15) is 5.82 Å². The number of nitrogens with zero attached hydrogens (tertiary/aromatic N) is 3. The summed E-state index contributed by atoms with van der Waals surface area (Å²) in [7, 11) is 2.18. The standard InChI is InChI=1S/C20H27ClN4O2S/c1-12-19(13-3-6-25(2)7-4-13)24-28-20(12)14-9-18(22-10-15(14)21)23-16-5-8-27-11-17(16)26/h9-10,13,16-17,26H,3-8,11H2,1-2H3,(H,22,23)/t16-,17-/m1/s1. The van der Waals surface area contributed by atoms with Gasteiger partial charge < -0.3 is 20.1 Å². The minimum atomic E-state index is -0.532. The Morgan fingerprint density at radius 2 is 2.11 bits per heavy atom. The fraction of sp³-hybridized carbons (Fsp3) is 0.600. The average molecular weight is 423 g/mol. The van der Waals surface area contributed by atoms with Gasteiger partial charge in [-0.3, -0.25) is 0 Å². The summed E-state index contributed by atoms with van der Waals surface area (Å²) in [6.07, 6.45) is 4.20. The van der Waals surface area contributed by atoms with Crippen LogP contribution in [0.25, 0.3) is 10.4 Å². The highest BCUT2D eigenvalue weighted by molar-refractivity contribution is 7.10. The lowest BCUT2D eigenvalue weighted by molar-refractivity contribution is -0.0135. The third-order valence-corrected chi connectivity index (χ3v) is 7.12. The SMILES string of the molecule is Cc1c(C2CCN(C)CC2)nsc1-c1cc(N[C@@H]2CCOC[C@H]2O)ncc1Cl. The van der Waals surface area contributed by atoms with Crippen LogP contribution in [0.3, 0.4) is 0 Å². The Morgan fingerprint density at radius 3 is 2.86 bits per heavy atom. The first-order valence-electron chi connectivity index (χ1n) is 9.86. The lowest BCUT2D eigenvalue weighted by atomic mass is 9.91. The maximum absolute atomic E-state index is 10.1. The van der Waals surface area contributed by atoms with Crippen molar-refractivity contribution >= 4 is 29.0 Å². The quantitative estimate of drug-likeness (QED) is 0.785. The van der Waals surface area contributed by atoms with Gasteiger partial charge in [0.25, 0.3) is 0 Å². The van der Waals surface area contributed by atoms with Gasteiger partial charge in [-0.05, 0) is 69.5 Å². The molecule has 2 atom stereocenters. The summed E-state index contributed by atoms with van der Waals surface area (Å²) in [5.41, 5.74) is 3.40. The number of rotatable bonds is 4. The molecule has 152 valence electrons. The van der Waals surface area contributed by atoms with Crippen molar-refractivity contribution in [3.05, 3.63) is 28.5 Å². The van der Waals surface area contributed by atoms with E-state index >= 15 is 0 Å². The summed E-state index contributed by atoms with van der Waals surface area (Å²) in [5, 5.41) is 14.1. The molecule has 0 unspecified atom stereocenters. The number of aliphatic hydroxyl groups is 1. The number of likely N-dealkylation sites (tertiary alicyclic amines) is 1. The van der Waals surface area contributed by atoms with Gasteiger partial charge in [-0.2, -0.15) is 4.37 Å². The zero-order chi connectivity index (χ0) is 19.7. The summed E-state index contributed by atoms with van der Waals surface area (Å²) in [5.74, 6) is 1.25. The topological polar surface area (TPSA) is 70.5 Å². The highest BCUT2D eigenvalue weighted by atomic mass is 35.5. The number of ether oxygens (including phenoxy) is 1. The molecule has 4 rings (SSSR count). The molecule has 0 amide bonds. The van der Waals surface area contributed by atoms with E-state index in [2.05, 4.69) is 29.2 Å². The van der Waals surface area contributed by atoms with Crippen molar-refractivity contribution < 1.29 is 9.84 Å². The zero-order valence-corrected chi connectivity index (χ0v) is 17.9. The number of hydrogen-bond acceptors (Lipinski definition) is 7. The Hall–Kier alpha value is -1.25. The second kappa shape index (κ2) is 8.63. The minimum Gasteiger partial charge on any atom is -0.389 e. The van der Waals surface area contributed by atoms with Crippen molar-refractivity contribution in [1.29, 1.82) is 0 Å². The number of nitrogens with one attached hydrogen (secondary N) is 1. The van der Waals surface area contributed by atoms with Crippen molar-refractivity contribution in [2.75, 3.05) is 38.7 Å². The molecule has 0 saturated carbocycles. The smallest absolute Gasteiger partial charge is 0.126 e. The lowest BCUT2D eigenvalue weighted by Gasteiger charge is -2.29. The number of aromatic nitrogens is 2. The fourth-order valence-electron chi connectivity index (χ4n) is 4.03. The van der Waals surface area contributed by atoms with Crippen LogP contribution in [0.2, 0.25) is 5.02 Å². The van der Waals surface area contributed by atoms with Crippen LogP contribution in [0.15, 0.2) is 12.3 Å². The summed E-state index contributed by atoms with van der Waals surface area (Å²) in [6, 6.07) is 1.91.